The number of imide groups is 1. The second kappa shape index (κ2) is 5.77. The molecule has 3 fully saturated rings. The van der Waals surface area contributed by atoms with Gasteiger partial charge in [-0.15, -0.1) is 0 Å². The number of fused-ring (bicyclic) bond motifs is 7. The number of hydrogen-bond donors (Lipinski definition) is 2. The highest BCUT2D eigenvalue weighted by atomic mass is 35.5. The topological polar surface area (TPSA) is 80.2 Å². The van der Waals surface area contributed by atoms with Crippen molar-refractivity contribution in [3.8, 4) is 0 Å². The molecule has 142 valence electrons. The van der Waals surface area contributed by atoms with Crippen molar-refractivity contribution < 1.29 is 24.0 Å². The fourth-order valence-corrected chi connectivity index (χ4v) is 6.07. The van der Waals surface area contributed by atoms with Crippen LogP contribution in [-0.2, 0) is 24.7 Å². The Bertz CT molecular complexity index is 875. The number of halogens is 1. The summed E-state index contributed by atoms with van der Waals surface area (Å²) in [7, 11) is 1.54. The zero-order chi connectivity index (χ0) is 18.9. The molecule has 27 heavy (non-hydrogen) atoms. The van der Waals surface area contributed by atoms with Gasteiger partial charge in [0.1, 0.15) is 17.9 Å². The normalized spacial score (nSPS) is 36.4. The molecule has 0 aliphatic carbocycles. The van der Waals surface area contributed by atoms with Crippen molar-refractivity contribution in [3.05, 3.63) is 28.8 Å². The summed E-state index contributed by atoms with van der Waals surface area (Å²) >= 11 is 6.25. The van der Waals surface area contributed by atoms with E-state index in [1.807, 2.05) is 0 Å². The molecule has 7 nitrogen and oxygen atoms in total. The number of anilines is 1. The summed E-state index contributed by atoms with van der Waals surface area (Å²) in [5.74, 6) is -1.74. The molecule has 3 amide bonds. The number of carbonyl (C=O) groups excluding carboxylic acids is 3. The van der Waals surface area contributed by atoms with E-state index in [4.69, 9.17) is 16.3 Å². The van der Waals surface area contributed by atoms with Crippen molar-refractivity contribution >= 4 is 35.0 Å². The Morgan fingerprint density at radius 2 is 2.15 bits per heavy atom. The van der Waals surface area contributed by atoms with Crippen molar-refractivity contribution in [1.82, 2.24) is 4.90 Å². The van der Waals surface area contributed by atoms with Crippen LogP contribution < -0.4 is 10.2 Å². The number of hydrogen-bond acceptors (Lipinski definition) is 4. The molecule has 1 unspecified atom stereocenters. The summed E-state index contributed by atoms with van der Waals surface area (Å²) in [5, 5.41) is 3.48. The maximum Gasteiger partial charge on any atom is 0.291 e. The molecule has 0 bridgehead atoms. The number of amides is 3. The van der Waals surface area contributed by atoms with E-state index in [1.165, 1.54) is 4.90 Å². The van der Waals surface area contributed by atoms with Gasteiger partial charge in [-0.05, 0) is 18.2 Å². The predicted molar refractivity (Wildman–Crippen MR) is 96.2 cm³/mol. The highest BCUT2D eigenvalue weighted by Crippen LogP contribution is 2.51. The van der Waals surface area contributed by atoms with Gasteiger partial charge in [-0.2, -0.15) is 0 Å². The third kappa shape index (κ3) is 1.97. The number of quaternary nitrogens is 1. The van der Waals surface area contributed by atoms with Gasteiger partial charge in [0.05, 0.1) is 25.4 Å². The van der Waals surface area contributed by atoms with Crippen LogP contribution in [0.25, 0.3) is 0 Å². The van der Waals surface area contributed by atoms with Gasteiger partial charge >= 0.3 is 0 Å². The molecule has 3 saturated heterocycles. The lowest BCUT2D eigenvalue weighted by molar-refractivity contribution is -0.948. The lowest BCUT2D eigenvalue weighted by Crippen LogP contribution is -3.19. The third-order valence-electron chi connectivity index (χ3n) is 6.79. The van der Waals surface area contributed by atoms with Crippen LogP contribution in [0.5, 0.6) is 0 Å². The fourth-order valence-electron chi connectivity index (χ4n) is 5.89. The van der Waals surface area contributed by atoms with E-state index in [-0.39, 0.29) is 30.3 Å². The van der Waals surface area contributed by atoms with Crippen molar-refractivity contribution in [2.75, 3.05) is 32.1 Å². The molecule has 2 N–H and O–H groups in total. The Balaban J connectivity index is 1.69. The number of methoxy groups -OCH3 is 1. The molecule has 4 aliphatic heterocycles. The van der Waals surface area contributed by atoms with Crippen molar-refractivity contribution in [2.45, 2.75) is 24.4 Å². The van der Waals surface area contributed by atoms with Gasteiger partial charge in [0, 0.05) is 30.5 Å². The molecule has 8 heteroatoms. The molecule has 1 spiro atoms. The summed E-state index contributed by atoms with van der Waals surface area (Å²) in [4.78, 5) is 42.2. The average molecular weight is 391 g/mol. The molecule has 1 aromatic rings. The smallest absolute Gasteiger partial charge is 0.291 e. The number of nitrogens with one attached hydrogen (secondary N) is 2. The number of benzene rings is 1. The SMILES string of the molecule is COCCN1C(=O)[C@@H]2[C@H]3CCC[NH+]3[C@@]3(C(=O)Nc4ccc(Cl)cc43)[C@@H]2C1=O. The van der Waals surface area contributed by atoms with Gasteiger partial charge in [-0.25, -0.2) is 0 Å². The first-order chi connectivity index (χ1) is 13.0. The van der Waals surface area contributed by atoms with E-state index in [2.05, 4.69) is 5.32 Å². The second-order valence-electron chi connectivity index (χ2n) is 7.80. The summed E-state index contributed by atoms with van der Waals surface area (Å²) in [6.07, 6.45) is 1.78. The summed E-state index contributed by atoms with van der Waals surface area (Å²) < 4.78 is 5.07. The van der Waals surface area contributed by atoms with Gasteiger partial charge in [0.2, 0.25) is 17.4 Å². The first-order valence-electron chi connectivity index (χ1n) is 9.33. The monoisotopic (exact) mass is 390 g/mol. The number of ether oxygens (including phenoxy) is 1. The molecule has 0 saturated carbocycles. The highest BCUT2D eigenvalue weighted by Gasteiger charge is 2.78. The maximum atomic E-state index is 13.4. The van der Waals surface area contributed by atoms with Crippen LogP contribution in [0, 0.1) is 11.8 Å². The van der Waals surface area contributed by atoms with Crippen LogP contribution in [0.15, 0.2) is 18.2 Å². The van der Waals surface area contributed by atoms with Crippen molar-refractivity contribution in [3.63, 3.8) is 0 Å². The fraction of sp³-hybridized carbons (Fsp3) is 0.526. The van der Waals surface area contributed by atoms with Crippen LogP contribution >= 0.6 is 11.6 Å². The standard InChI is InChI=1S/C19H20ClN3O4/c1-27-8-7-22-16(24)14-13-3-2-6-23(13)19(15(14)17(22)25)11-9-10(20)4-5-12(11)21-18(19)26/h4-5,9,13-15H,2-3,6-8H2,1H3,(H,21,26)/p+1/t13-,14-,15+,19-/m1/s1. The van der Waals surface area contributed by atoms with E-state index in [0.717, 1.165) is 29.8 Å². The van der Waals surface area contributed by atoms with E-state index < -0.39 is 17.4 Å². The molecule has 1 aromatic carbocycles. The van der Waals surface area contributed by atoms with Crippen LogP contribution in [0.1, 0.15) is 18.4 Å². The average Bonchev–Trinajstić information content (AvgIpc) is 3.33. The maximum absolute atomic E-state index is 13.4. The van der Waals surface area contributed by atoms with Crippen LogP contribution in [0.4, 0.5) is 5.69 Å². The molecule has 0 radical (unpaired) electrons. The van der Waals surface area contributed by atoms with Crippen LogP contribution in [0.3, 0.4) is 0 Å². The van der Waals surface area contributed by atoms with Crippen LogP contribution in [-0.4, -0.2) is 55.5 Å². The predicted octanol–water partition coefficient (Wildman–Crippen LogP) is -0.204. The lowest BCUT2D eigenvalue weighted by atomic mass is 9.75. The van der Waals surface area contributed by atoms with Gasteiger partial charge in [-0.1, -0.05) is 11.6 Å². The second-order valence-corrected chi connectivity index (χ2v) is 8.24. The minimum atomic E-state index is -1.07. The van der Waals surface area contributed by atoms with E-state index in [0.29, 0.717) is 17.3 Å². The van der Waals surface area contributed by atoms with E-state index in [9.17, 15) is 14.4 Å². The molecular weight excluding hydrogens is 370 g/mol. The molecule has 5 atom stereocenters. The largest absolute Gasteiger partial charge is 0.383 e. The number of nitrogens with zero attached hydrogens (tertiary/aromatic N) is 1. The van der Waals surface area contributed by atoms with Crippen molar-refractivity contribution in [2.24, 2.45) is 11.8 Å². The van der Waals surface area contributed by atoms with Crippen molar-refractivity contribution in [1.29, 1.82) is 0 Å². The zero-order valence-electron chi connectivity index (χ0n) is 15.0. The minimum absolute atomic E-state index is 0.0188. The molecule has 0 aromatic heterocycles. The molecule has 4 aliphatic rings. The summed E-state index contributed by atoms with van der Waals surface area (Å²) in [5.41, 5.74) is 0.378. The van der Waals surface area contributed by atoms with Crippen LogP contribution in [0.2, 0.25) is 5.02 Å². The Morgan fingerprint density at radius 3 is 2.93 bits per heavy atom. The Morgan fingerprint density at radius 1 is 1.33 bits per heavy atom. The molecule has 4 heterocycles. The molecular formula is C19H21ClN3O4+. The Kier molecular flexibility index (Phi) is 3.67. The minimum Gasteiger partial charge on any atom is -0.383 e. The zero-order valence-corrected chi connectivity index (χ0v) is 15.7. The van der Waals surface area contributed by atoms with Gasteiger partial charge < -0.3 is 15.0 Å². The van der Waals surface area contributed by atoms with Gasteiger partial charge in [0.15, 0.2) is 0 Å². The first kappa shape index (κ1) is 17.2. The third-order valence-corrected chi connectivity index (χ3v) is 7.02. The first-order valence-corrected chi connectivity index (χ1v) is 9.71. The number of likely N-dealkylation sites (tertiary alicyclic amines) is 1. The molecule has 5 rings (SSSR count). The lowest BCUT2D eigenvalue weighted by Gasteiger charge is -2.33. The van der Waals surface area contributed by atoms with Gasteiger partial charge in [0.25, 0.3) is 5.91 Å². The quantitative estimate of drug-likeness (QED) is 0.700. The number of carbonyl (C=O) groups is 3. The summed E-state index contributed by atoms with van der Waals surface area (Å²) in [6, 6.07) is 5.28. The number of rotatable bonds is 3. The summed E-state index contributed by atoms with van der Waals surface area (Å²) in [6.45, 7) is 1.29. The van der Waals surface area contributed by atoms with E-state index >= 15 is 0 Å². The van der Waals surface area contributed by atoms with Gasteiger partial charge in [-0.3, -0.25) is 19.3 Å². The highest BCUT2D eigenvalue weighted by molar-refractivity contribution is 6.31. The Labute approximate surface area is 161 Å². The van der Waals surface area contributed by atoms with E-state index in [1.54, 1.807) is 25.3 Å². The Hall–Kier alpha value is -1.96.